The van der Waals surface area contributed by atoms with Crippen molar-refractivity contribution in [3.05, 3.63) is 30.1 Å². The van der Waals surface area contributed by atoms with Crippen molar-refractivity contribution in [2.75, 3.05) is 18.5 Å². The minimum atomic E-state index is -0.159. The zero-order valence-electron chi connectivity index (χ0n) is 19.8. The van der Waals surface area contributed by atoms with Crippen molar-refractivity contribution < 1.29 is 14.7 Å². The summed E-state index contributed by atoms with van der Waals surface area (Å²) in [6.07, 6.45) is 10.4. The summed E-state index contributed by atoms with van der Waals surface area (Å²) in [4.78, 5) is 32.5. The van der Waals surface area contributed by atoms with Gasteiger partial charge in [-0.1, -0.05) is 18.9 Å². The van der Waals surface area contributed by atoms with Crippen LogP contribution in [0.25, 0.3) is 5.65 Å². The van der Waals surface area contributed by atoms with Crippen LogP contribution in [0.4, 0.5) is 5.82 Å². The van der Waals surface area contributed by atoms with Gasteiger partial charge in [-0.25, -0.2) is 4.98 Å². The first-order valence-corrected chi connectivity index (χ1v) is 12.6. The molecule has 0 aromatic carbocycles. The predicted molar refractivity (Wildman–Crippen MR) is 127 cm³/mol. The number of hydrogen-bond donors (Lipinski definition) is 2. The fraction of sp³-hybridized carbons (Fsp3) is 0.654. The second-order valence-corrected chi connectivity index (χ2v) is 10.9. The number of pyridine rings is 1. The molecule has 0 radical (unpaired) electrons. The van der Waals surface area contributed by atoms with Gasteiger partial charge in [-0.3, -0.25) is 14.0 Å². The summed E-state index contributed by atoms with van der Waals surface area (Å²) in [6, 6.07) is 5.58. The Labute approximate surface area is 195 Å². The third-order valence-corrected chi connectivity index (χ3v) is 8.21. The average Bonchev–Trinajstić information content (AvgIpc) is 3.39. The molecule has 7 nitrogen and oxygen atoms in total. The Bertz CT molecular complexity index is 1050. The average molecular weight is 453 g/mol. The lowest BCUT2D eigenvalue weighted by molar-refractivity contribution is -0.120. The fourth-order valence-corrected chi connectivity index (χ4v) is 6.65. The minimum absolute atomic E-state index is 0.00756. The number of nitrogens with zero attached hydrogens (tertiary/aromatic N) is 3. The summed E-state index contributed by atoms with van der Waals surface area (Å²) >= 11 is 0. The number of anilines is 1. The highest BCUT2D eigenvalue weighted by molar-refractivity contribution is 5.94. The molecule has 0 spiro atoms. The quantitative estimate of drug-likeness (QED) is 0.631. The number of aliphatic hydroxyl groups excluding tert-OH is 1. The van der Waals surface area contributed by atoms with E-state index in [9.17, 15) is 14.7 Å². The van der Waals surface area contributed by atoms with Crippen LogP contribution in [0.3, 0.4) is 0 Å². The maximum absolute atomic E-state index is 13.2. The lowest BCUT2D eigenvalue weighted by Gasteiger charge is -2.44. The smallest absolute Gasteiger partial charge is 0.274 e. The highest BCUT2D eigenvalue weighted by Gasteiger charge is 2.55. The number of imidazole rings is 1. The van der Waals surface area contributed by atoms with Gasteiger partial charge in [-0.15, -0.1) is 0 Å². The van der Waals surface area contributed by atoms with E-state index in [0.29, 0.717) is 36.5 Å². The van der Waals surface area contributed by atoms with Crippen LogP contribution in [0.2, 0.25) is 0 Å². The van der Waals surface area contributed by atoms with Gasteiger partial charge in [0, 0.05) is 31.8 Å². The van der Waals surface area contributed by atoms with E-state index >= 15 is 0 Å². The summed E-state index contributed by atoms with van der Waals surface area (Å²) in [5.74, 6) is 3.20. The fourth-order valence-electron chi connectivity index (χ4n) is 6.65. The Morgan fingerprint density at radius 3 is 2.91 bits per heavy atom. The van der Waals surface area contributed by atoms with Gasteiger partial charge in [-0.05, 0) is 81.3 Å². The first kappa shape index (κ1) is 22.4. The SMILES string of the molecule is CC(C)N(CCCO)C(=O)c1cn2c(NC(=O)CC34CCCC(C3)C3CC3C4)cccc2n1. The zero-order chi connectivity index (χ0) is 23.2. The molecule has 4 unspecified atom stereocenters. The molecule has 0 aliphatic heterocycles. The van der Waals surface area contributed by atoms with E-state index in [-0.39, 0.29) is 29.9 Å². The van der Waals surface area contributed by atoms with Crippen molar-refractivity contribution >= 4 is 23.3 Å². The van der Waals surface area contributed by atoms with E-state index in [1.807, 2.05) is 32.0 Å². The van der Waals surface area contributed by atoms with Gasteiger partial charge in [0.2, 0.25) is 5.91 Å². The highest BCUT2D eigenvalue weighted by atomic mass is 16.3. The number of carbonyl (C=O) groups excluding carboxylic acids is 2. The normalized spacial score (nSPS) is 27.9. The number of aromatic nitrogens is 2. The number of hydrogen-bond acceptors (Lipinski definition) is 4. The van der Waals surface area contributed by atoms with Gasteiger partial charge >= 0.3 is 0 Å². The van der Waals surface area contributed by atoms with Gasteiger partial charge < -0.3 is 15.3 Å². The monoisotopic (exact) mass is 452 g/mol. The summed E-state index contributed by atoms with van der Waals surface area (Å²) < 4.78 is 1.80. The molecule has 2 bridgehead atoms. The molecule has 5 rings (SSSR count). The molecule has 2 aromatic rings. The van der Waals surface area contributed by atoms with E-state index in [4.69, 9.17) is 0 Å². The molecule has 3 fully saturated rings. The number of fused-ring (bicyclic) bond motifs is 5. The maximum atomic E-state index is 13.2. The van der Waals surface area contributed by atoms with Crippen LogP contribution in [-0.2, 0) is 4.79 Å². The molecule has 4 atom stereocenters. The number of amides is 2. The van der Waals surface area contributed by atoms with Gasteiger partial charge in [0.15, 0.2) is 0 Å². The lowest BCUT2D eigenvalue weighted by atomic mass is 9.60. The first-order chi connectivity index (χ1) is 15.9. The molecule has 2 amide bonds. The molecule has 2 N–H and O–H groups in total. The van der Waals surface area contributed by atoms with E-state index in [0.717, 1.165) is 17.8 Å². The molecule has 2 heterocycles. The zero-order valence-corrected chi connectivity index (χ0v) is 19.8. The summed E-state index contributed by atoms with van der Waals surface area (Å²) in [6.45, 7) is 4.44. The number of nitrogens with one attached hydrogen (secondary N) is 1. The van der Waals surface area contributed by atoms with Gasteiger partial charge in [0.05, 0.1) is 0 Å². The predicted octanol–water partition coefficient (Wildman–Crippen LogP) is 4.11. The lowest BCUT2D eigenvalue weighted by Crippen LogP contribution is -2.38. The van der Waals surface area contributed by atoms with Crippen molar-refractivity contribution in [2.45, 2.75) is 71.3 Å². The Morgan fingerprint density at radius 2 is 2.12 bits per heavy atom. The molecular formula is C26H36N4O3. The minimum Gasteiger partial charge on any atom is -0.396 e. The Kier molecular flexibility index (Phi) is 5.93. The third-order valence-electron chi connectivity index (χ3n) is 8.21. The van der Waals surface area contributed by atoms with E-state index in [1.54, 1.807) is 15.5 Å². The molecular weight excluding hydrogens is 416 g/mol. The maximum Gasteiger partial charge on any atom is 0.274 e. The van der Waals surface area contributed by atoms with E-state index < -0.39 is 0 Å². The molecule has 2 aromatic heterocycles. The van der Waals surface area contributed by atoms with Crippen LogP contribution in [0.15, 0.2) is 24.4 Å². The molecule has 178 valence electrons. The third kappa shape index (κ3) is 4.39. The topological polar surface area (TPSA) is 86.9 Å². The van der Waals surface area contributed by atoms with E-state index in [2.05, 4.69) is 10.3 Å². The van der Waals surface area contributed by atoms with Crippen LogP contribution in [0.5, 0.6) is 0 Å². The number of aliphatic hydroxyl groups is 1. The van der Waals surface area contributed by atoms with Gasteiger partial charge in [0.1, 0.15) is 17.2 Å². The second kappa shape index (κ2) is 8.75. The van der Waals surface area contributed by atoms with Crippen LogP contribution < -0.4 is 5.32 Å². The Hall–Kier alpha value is -2.41. The molecule has 3 aliphatic rings. The second-order valence-electron chi connectivity index (χ2n) is 10.9. The summed E-state index contributed by atoms with van der Waals surface area (Å²) in [5.41, 5.74) is 1.17. The Morgan fingerprint density at radius 1 is 1.30 bits per heavy atom. The number of carbonyl (C=O) groups is 2. The molecule has 3 aliphatic carbocycles. The van der Waals surface area contributed by atoms with Crippen molar-refractivity contribution in [3.8, 4) is 0 Å². The summed E-state index contributed by atoms with van der Waals surface area (Å²) in [7, 11) is 0. The van der Waals surface area contributed by atoms with Crippen molar-refractivity contribution in [1.29, 1.82) is 0 Å². The van der Waals surface area contributed by atoms with Crippen LogP contribution in [-0.4, -0.2) is 50.4 Å². The largest absolute Gasteiger partial charge is 0.396 e. The van der Waals surface area contributed by atoms with Crippen LogP contribution in [0, 0.1) is 23.2 Å². The van der Waals surface area contributed by atoms with Gasteiger partial charge in [-0.2, -0.15) is 0 Å². The standard InChI is InChI=1S/C26H36N4O3/c1-17(2)29(10-5-11-31)25(33)21-16-30-22(27-21)7-3-8-23(30)28-24(32)15-26-9-4-6-18(13-26)20-12-19(20)14-26/h3,7-8,16-20,31H,4-6,9-15H2,1-2H3,(H,28,32). The van der Waals surface area contributed by atoms with Crippen molar-refractivity contribution in [1.82, 2.24) is 14.3 Å². The van der Waals surface area contributed by atoms with E-state index in [1.165, 1.54) is 38.5 Å². The van der Waals surface area contributed by atoms with Crippen molar-refractivity contribution in [2.24, 2.45) is 23.2 Å². The number of rotatable bonds is 8. The Balaban J connectivity index is 1.32. The molecule has 3 saturated carbocycles. The van der Waals surface area contributed by atoms with Crippen LogP contribution in [0.1, 0.15) is 75.7 Å². The highest BCUT2D eigenvalue weighted by Crippen LogP contribution is 2.64. The molecule has 0 saturated heterocycles. The molecule has 33 heavy (non-hydrogen) atoms. The van der Waals surface area contributed by atoms with Crippen molar-refractivity contribution in [3.63, 3.8) is 0 Å². The molecule has 7 heteroatoms. The summed E-state index contributed by atoms with van der Waals surface area (Å²) in [5, 5.41) is 12.3. The van der Waals surface area contributed by atoms with Gasteiger partial charge in [0.25, 0.3) is 5.91 Å². The van der Waals surface area contributed by atoms with Crippen LogP contribution >= 0.6 is 0 Å². The first-order valence-electron chi connectivity index (χ1n) is 12.6.